The van der Waals surface area contributed by atoms with Crippen LogP contribution in [0.25, 0.3) is 0 Å². The van der Waals surface area contributed by atoms with Crippen molar-refractivity contribution >= 4 is 11.8 Å². The predicted octanol–water partition coefficient (Wildman–Crippen LogP) is -1.08. The molecule has 6 N–H and O–H groups in total. The molecule has 3 atom stereocenters. The average molecular weight is 297 g/mol. The molecule has 0 spiro atoms. The van der Waals surface area contributed by atoms with E-state index in [1.165, 1.54) is 18.0 Å². The molecule has 10 nitrogen and oxygen atoms in total. The second-order valence-corrected chi connectivity index (χ2v) is 4.53. The van der Waals surface area contributed by atoms with Crippen molar-refractivity contribution in [2.75, 3.05) is 19.0 Å². The summed E-state index contributed by atoms with van der Waals surface area (Å²) in [4.78, 5) is 7.79. The molecule has 0 saturated carbocycles. The third-order valence-corrected chi connectivity index (χ3v) is 3.32. The average Bonchev–Trinajstić information content (AvgIpc) is 2.99. The second-order valence-electron chi connectivity index (χ2n) is 4.53. The Kier molecular flexibility index (Phi) is 3.20. The number of nitrogens with two attached hydrogens (primary N) is 1. The Hall–Kier alpha value is -2.30. The van der Waals surface area contributed by atoms with E-state index >= 15 is 0 Å². The van der Waals surface area contributed by atoms with Crippen molar-refractivity contribution in [3.05, 3.63) is 23.5 Å². The van der Waals surface area contributed by atoms with Gasteiger partial charge in [0.2, 0.25) is 6.23 Å². The van der Waals surface area contributed by atoms with Crippen LogP contribution in [-0.4, -0.2) is 50.7 Å². The monoisotopic (exact) mass is 297 g/mol. The summed E-state index contributed by atoms with van der Waals surface area (Å²) < 4.78 is 12.2. The highest BCUT2D eigenvalue weighted by molar-refractivity contribution is 5.93. The van der Waals surface area contributed by atoms with Crippen molar-refractivity contribution in [2.24, 2.45) is 10.7 Å². The SMILES string of the molecule is COC1C(O)=C(CO)O[C@H]1n1cnc2c1NC(N)=NC2O. The van der Waals surface area contributed by atoms with E-state index in [1.807, 2.05) is 0 Å². The van der Waals surface area contributed by atoms with E-state index in [9.17, 15) is 10.2 Å². The third kappa shape index (κ3) is 2.00. The minimum absolute atomic E-state index is 0.0206. The van der Waals surface area contributed by atoms with Crippen molar-refractivity contribution in [2.45, 2.75) is 18.6 Å². The number of hydrogen-bond acceptors (Lipinski definition) is 9. The number of hydrogen-bond donors (Lipinski definition) is 5. The van der Waals surface area contributed by atoms with Gasteiger partial charge in [0, 0.05) is 7.11 Å². The van der Waals surface area contributed by atoms with Gasteiger partial charge in [0.15, 0.2) is 29.8 Å². The molecular formula is C11H15N5O5. The van der Waals surface area contributed by atoms with Crippen molar-refractivity contribution < 1.29 is 24.8 Å². The highest BCUT2D eigenvalue weighted by Gasteiger charge is 2.40. The smallest absolute Gasteiger partial charge is 0.212 e. The van der Waals surface area contributed by atoms with Crippen molar-refractivity contribution in [3.63, 3.8) is 0 Å². The molecule has 0 radical (unpaired) electrons. The van der Waals surface area contributed by atoms with Gasteiger partial charge < -0.3 is 35.8 Å². The molecule has 2 aliphatic rings. The number of aliphatic hydroxyl groups is 3. The second kappa shape index (κ2) is 4.91. The number of aromatic nitrogens is 2. The Labute approximate surface area is 119 Å². The number of aliphatic hydroxyl groups excluding tert-OH is 3. The van der Waals surface area contributed by atoms with Crippen molar-refractivity contribution in [3.8, 4) is 0 Å². The number of rotatable bonds is 3. The van der Waals surface area contributed by atoms with E-state index in [-0.39, 0.29) is 23.2 Å². The fourth-order valence-corrected chi connectivity index (χ4v) is 2.34. The van der Waals surface area contributed by atoms with Crippen LogP contribution in [0.1, 0.15) is 18.1 Å². The largest absolute Gasteiger partial charge is 0.506 e. The van der Waals surface area contributed by atoms with Crippen LogP contribution in [0.5, 0.6) is 0 Å². The summed E-state index contributed by atoms with van der Waals surface area (Å²) in [7, 11) is 1.40. The van der Waals surface area contributed by atoms with Crippen LogP contribution in [0.15, 0.2) is 22.8 Å². The maximum atomic E-state index is 9.94. The van der Waals surface area contributed by atoms with Crippen LogP contribution in [0, 0.1) is 0 Å². The first kappa shape index (κ1) is 13.7. The van der Waals surface area contributed by atoms with Gasteiger partial charge in [-0.25, -0.2) is 9.98 Å². The van der Waals surface area contributed by atoms with Gasteiger partial charge in [0.05, 0.1) is 6.33 Å². The first-order valence-electron chi connectivity index (χ1n) is 6.14. The lowest BCUT2D eigenvalue weighted by atomic mass is 10.2. The number of nitrogens with one attached hydrogen (secondary N) is 1. The van der Waals surface area contributed by atoms with E-state index < -0.39 is 25.2 Å². The summed E-state index contributed by atoms with van der Waals surface area (Å²) >= 11 is 0. The minimum atomic E-state index is -1.18. The molecule has 0 aliphatic carbocycles. The van der Waals surface area contributed by atoms with Gasteiger partial charge in [-0.1, -0.05) is 0 Å². The number of guanidine groups is 1. The lowest BCUT2D eigenvalue weighted by molar-refractivity contribution is -0.0338. The lowest BCUT2D eigenvalue weighted by Gasteiger charge is -2.24. The predicted molar refractivity (Wildman–Crippen MR) is 70.1 cm³/mol. The molecule has 21 heavy (non-hydrogen) atoms. The lowest BCUT2D eigenvalue weighted by Crippen LogP contribution is -2.32. The maximum Gasteiger partial charge on any atom is 0.212 e. The van der Waals surface area contributed by atoms with Crippen molar-refractivity contribution in [1.82, 2.24) is 9.55 Å². The Morgan fingerprint density at radius 2 is 2.33 bits per heavy atom. The molecule has 3 rings (SSSR count). The Balaban J connectivity index is 1.97. The van der Waals surface area contributed by atoms with E-state index in [1.54, 1.807) is 0 Å². The number of ether oxygens (including phenoxy) is 2. The number of nitrogens with zero attached hydrogens (tertiary/aromatic N) is 3. The normalized spacial score (nSPS) is 28.0. The molecule has 0 bridgehead atoms. The molecule has 0 fully saturated rings. The number of methoxy groups -OCH3 is 1. The van der Waals surface area contributed by atoms with Gasteiger partial charge in [0.25, 0.3) is 0 Å². The van der Waals surface area contributed by atoms with Crippen LogP contribution < -0.4 is 11.1 Å². The summed E-state index contributed by atoms with van der Waals surface area (Å²) in [6.07, 6.45) is -1.38. The molecule has 0 saturated heterocycles. The number of fused-ring (bicyclic) bond motifs is 1. The van der Waals surface area contributed by atoms with Gasteiger partial charge in [-0.05, 0) is 0 Å². The van der Waals surface area contributed by atoms with Crippen LogP contribution in [0.4, 0.5) is 5.82 Å². The van der Waals surface area contributed by atoms with E-state index in [0.29, 0.717) is 5.82 Å². The molecule has 2 aliphatic heterocycles. The summed E-state index contributed by atoms with van der Waals surface area (Å²) in [5.41, 5.74) is 5.86. The summed E-state index contributed by atoms with van der Waals surface area (Å²) in [5, 5.41) is 31.7. The van der Waals surface area contributed by atoms with Gasteiger partial charge >= 0.3 is 0 Å². The Bertz CT molecular complexity index is 625. The number of anilines is 1. The molecule has 0 aromatic carbocycles. The topological polar surface area (TPSA) is 147 Å². The minimum Gasteiger partial charge on any atom is -0.506 e. The highest BCUT2D eigenvalue weighted by Crippen LogP contribution is 2.37. The fraction of sp³-hybridized carbons (Fsp3) is 0.455. The van der Waals surface area contributed by atoms with Crippen molar-refractivity contribution in [1.29, 1.82) is 0 Å². The third-order valence-electron chi connectivity index (χ3n) is 3.32. The van der Waals surface area contributed by atoms with Crippen LogP contribution in [0.3, 0.4) is 0 Å². The maximum absolute atomic E-state index is 9.94. The van der Waals surface area contributed by atoms with Crippen LogP contribution >= 0.6 is 0 Å². The molecule has 1 aromatic heterocycles. The number of aliphatic imine (C=N–C) groups is 1. The zero-order chi connectivity index (χ0) is 15.1. The molecule has 114 valence electrons. The molecular weight excluding hydrogens is 282 g/mol. The number of imidazole rings is 1. The van der Waals surface area contributed by atoms with E-state index in [4.69, 9.17) is 20.3 Å². The molecule has 0 amide bonds. The quantitative estimate of drug-likeness (QED) is 0.473. The molecule has 10 heteroatoms. The first-order valence-corrected chi connectivity index (χ1v) is 6.14. The fourth-order valence-electron chi connectivity index (χ4n) is 2.34. The Morgan fingerprint density at radius 3 is 3.00 bits per heavy atom. The molecule has 3 heterocycles. The van der Waals surface area contributed by atoms with Gasteiger partial charge in [0.1, 0.15) is 18.1 Å². The zero-order valence-corrected chi connectivity index (χ0v) is 11.1. The summed E-state index contributed by atoms with van der Waals surface area (Å²) in [6, 6.07) is 0. The van der Waals surface area contributed by atoms with Gasteiger partial charge in [-0.2, -0.15) is 0 Å². The zero-order valence-electron chi connectivity index (χ0n) is 11.1. The van der Waals surface area contributed by atoms with E-state index in [2.05, 4.69) is 15.3 Å². The molecule has 2 unspecified atom stereocenters. The summed E-state index contributed by atoms with van der Waals surface area (Å²) in [6.45, 7) is -0.460. The molecule has 1 aromatic rings. The van der Waals surface area contributed by atoms with Crippen LogP contribution in [0.2, 0.25) is 0 Å². The first-order chi connectivity index (χ1) is 10.1. The van der Waals surface area contributed by atoms with Gasteiger partial charge in [-0.3, -0.25) is 4.57 Å². The summed E-state index contributed by atoms with van der Waals surface area (Å²) in [5.74, 6) is 0.245. The standard InChI is InChI=1S/C11H15N5O5/c1-20-7-6(18)4(2-17)21-10(7)16-3-13-5-8(16)14-11(12)15-9(5)19/h3,7,9-10,17-19H,2H2,1H3,(H3,12,14,15)/t7?,9?,10-/m1/s1. The van der Waals surface area contributed by atoms with Crippen LogP contribution in [-0.2, 0) is 9.47 Å². The van der Waals surface area contributed by atoms with E-state index in [0.717, 1.165) is 0 Å². The van der Waals surface area contributed by atoms with Gasteiger partial charge in [-0.15, -0.1) is 0 Å². The highest BCUT2D eigenvalue weighted by atomic mass is 16.6. The Morgan fingerprint density at radius 1 is 1.57 bits per heavy atom.